The Balaban J connectivity index is 1.19. The molecule has 1 aliphatic carbocycles. The third-order valence-corrected chi connectivity index (χ3v) is 12.8. The maximum atomic E-state index is 2.59. The number of hydrogen-bond acceptors (Lipinski definition) is 0. The van der Waals surface area contributed by atoms with Crippen LogP contribution in [0.15, 0.2) is 140 Å². The van der Waals surface area contributed by atoms with Crippen molar-refractivity contribution in [2.75, 3.05) is 0 Å². The molecule has 2 aliphatic rings. The van der Waals surface area contributed by atoms with Crippen molar-refractivity contribution in [1.82, 2.24) is 0 Å². The zero-order valence-corrected chi connectivity index (χ0v) is 27.3. The van der Waals surface area contributed by atoms with Gasteiger partial charge < -0.3 is 0 Å². The number of fused-ring (bicyclic) bond motifs is 4. The normalized spacial score (nSPS) is 20.1. The summed E-state index contributed by atoms with van der Waals surface area (Å²) in [6, 6.07) is 53.0. The Morgan fingerprint density at radius 2 is 1.17 bits per heavy atom. The lowest BCUT2D eigenvalue weighted by atomic mass is 9.26. The Bertz CT molecular complexity index is 2520. The number of benzene rings is 8. The summed E-state index contributed by atoms with van der Waals surface area (Å²) in [5.74, 6) is 0.570. The molecule has 1 heterocycles. The van der Waals surface area contributed by atoms with Gasteiger partial charge in [0.05, 0.1) is 0 Å². The Morgan fingerprint density at radius 3 is 1.96 bits per heavy atom. The van der Waals surface area contributed by atoms with Gasteiger partial charge in [-0.3, -0.25) is 0 Å². The molecule has 1 aliphatic heterocycles. The maximum Gasteiger partial charge on any atom is 0.216 e. The highest BCUT2D eigenvalue weighted by Crippen LogP contribution is 2.69. The second kappa shape index (κ2) is 9.58. The van der Waals surface area contributed by atoms with Crippen molar-refractivity contribution in [3.63, 3.8) is 0 Å². The zero-order valence-electron chi connectivity index (χ0n) is 27.3. The lowest BCUT2D eigenvalue weighted by molar-refractivity contribution is 0.284. The summed E-state index contributed by atoms with van der Waals surface area (Å²) < 4.78 is 0. The van der Waals surface area contributed by atoms with E-state index in [4.69, 9.17) is 0 Å². The van der Waals surface area contributed by atoms with Crippen LogP contribution >= 0.6 is 0 Å². The zero-order chi connectivity index (χ0) is 31.5. The van der Waals surface area contributed by atoms with E-state index in [1.165, 1.54) is 89.1 Å². The van der Waals surface area contributed by atoms with Gasteiger partial charge in [-0.05, 0) is 100 Å². The van der Waals surface area contributed by atoms with Gasteiger partial charge in [0, 0.05) is 0 Å². The van der Waals surface area contributed by atoms with Crippen molar-refractivity contribution in [2.24, 2.45) is 5.41 Å². The van der Waals surface area contributed by atoms with E-state index in [2.05, 4.69) is 160 Å². The first-order valence-corrected chi connectivity index (χ1v) is 17.3. The van der Waals surface area contributed by atoms with Crippen LogP contribution in [0, 0.1) is 5.41 Å². The minimum absolute atomic E-state index is 0.190. The standard InChI is InChI=1S/C46H37B/c1-45(2)27-26-41-40-28-32(20-25-42(40)47(46(41,45)3)33-12-5-4-6-13-33)35-21-16-30-19-24-39-37(22-17-31-18-23-38(35)43(30)44(31)39)36-15-9-11-29-10-7-8-14-34(29)36/h4-25,28,41H,26-27H2,1-3H3. The molecular formula is C46H37B. The van der Waals surface area contributed by atoms with Gasteiger partial charge in [-0.15, -0.1) is 0 Å². The van der Waals surface area contributed by atoms with Gasteiger partial charge in [0.1, 0.15) is 0 Å². The largest absolute Gasteiger partial charge is 0.216 e. The molecule has 8 aromatic rings. The van der Waals surface area contributed by atoms with Crippen LogP contribution in [0.4, 0.5) is 0 Å². The van der Waals surface area contributed by atoms with Crippen LogP contribution < -0.4 is 10.9 Å². The summed E-state index contributed by atoms with van der Waals surface area (Å²) in [5.41, 5.74) is 10.1. The predicted molar refractivity (Wildman–Crippen MR) is 204 cm³/mol. The quantitative estimate of drug-likeness (QED) is 0.140. The molecule has 0 N–H and O–H groups in total. The predicted octanol–water partition coefficient (Wildman–Crippen LogP) is 11.4. The van der Waals surface area contributed by atoms with Crippen molar-refractivity contribution in [1.29, 1.82) is 0 Å². The molecule has 0 bridgehead atoms. The molecule has 2 atom stereocenters. The van der Waals surface area contributed by atoms with E-state index < -0.39 is 0 Å². The Hall–Kier alpha value is -4.88. The molecule has 1 heteroatoms. The number of rotatable bonds is 3. The highest BCUT2D eigenvalue weighted by Gasteiger charge is 2.62. The van der Waals surface area contributed by atoms with Gasteiger partial charge in [-0.2, -0.15) is 0 Å². The van der Waals surface area contributed by atoms with Gasteiger partial charge in [0.25, 0.3) is 0 Å². The lowest BCUT2D eigenvalue weighted by Crippen LogP contribution is -2.51. The molecule has 0 amide bonds. The SMILES string of the molecule is CC1(C)CCC2c3cc(-c4ccc5ccc6c(-c7cccc8ccccc78)ccc7ccc4c5c76)ccc3B(c3ccccc3)C21C. The molecule has 1 fully saturated rings. The second-order valence-corrected chi connectivity index (χ2v) is 15.1. The molecule has 8 aromatic carbocycles. The van der Waals surface area contributed by atoms with Gasteiger partial charge in [-0.1, -0.05) is 171 Å². The van der Waals surface area contributed by atoms with Crippen molar-refractivity contribution in [3.05, 3.63) is 145 Å². The molecule has 47 heavy (non-hydrogen) atoms. The fourth-order valence-corrected chi connectivity index (χ4v) is 10.2. The number of hydrogen-bond donors (Lipinski definition) is 0. The van der Waals surface area contributed by atoms with E-state index in [-0.39, 0.29) is 10.7 Å². The van der Waals surface area contributed by atoms with Crippen molar-refractivity contribution < 1.29 is 0 Å². The van der Waals surface area contributed by atoms with Crippen LogP contribution in [0.5, 0.6) is 0 Å². The van der Waals surface area contributed by atoms with Crippen molar-refractivity contribution in [3.8, 4) is 22.3 Å². The summed E-state index contributed by atoms with van der Waals surface area (Å²) in [4.78, 5) is 0. The first-order chi connectivity index (χ1) is 22.9. The monoisotopic (exact) mass is 600 g/mol. The van der Waals surface area contributed by atoms with Crippen LogP contribution in [-0.2, 0) is 0 Å². The highest BCUT2D eigenvalue weighted by atomic mass is 14.6. The van der Waals surface area contributed by atoms with Crippen LogP contribution in [0.1, 0.15) is 45.1 Å². The molecule has 2 unspecified atom stereocenters. The fourth-order valence-electron chi connectivity index (χ4n) is 10.2. The third-order valence-electron chi connectivity index (χ3n) is 12.8. The summed E-state index contributed by atoms with van der Waals surface area (Å²) >= 11 is 0. The van der Waals surface area contributed by atoms with Crippen LogP contribution in [0.2, 0.25) is 5.31 Å². The molecule has 0 aromatic heterocycles. The minimum atomic E-state index is 0.190. The van der Waals surface area contributed by atoms with Gasteiger partial charge in [0.2, 0.25) is 6.71 Å². The third kappa shape index (κ3) is 3.61. The second-order valence-electron chi connectivity index (χ2n) is 15.1. The molecular weight excluding hydrogens is 563 g/mol. The smallest absolute Gasteiger partial charge is 0.0735 e. The molecule has 0 spiro atoms. The Labute approximate surface area is 277 Å². The fraction of sp³-hybridized carbons (Fsp3) is 0.174. The van der Waals surface area contributed by atoms with Gasteiger partial charge >= 0.3 is 0 Å². The van der Waals surface area contributed by atoms with Crippen LogP contribution in [-0.4, -0.2) is 6.71 Å². The summed E-state index contributed by atoms with van der Waals surface area (Å²) in [7, 11) is 0. The first kappa shape index (κ1) is 27.3. The average Bonchev–Trinajstić information content (AvgIpc) is 3.51. The summed E-state index contributed by atoms with van der Waals surface area (Å²) in [6.45, 7) is 8.04. The minimum Gasteiger partial charge on any atom is -0.0735 e. The maximum absolute atomic E-state index is 2.59. The molecule has 10 rings (SSSR count). The van der Waals surface area contributed by atoms with Crippen molar-refractivity contribution >= 4 is 60.7 Å². The van der Waals surface area contributed by atoms with Crippen LogP contribution in [0.25, 0.3) is 65.3 Å². The summed E-state index contributed by atoms with van der Waals surface area (Å²) in [5, 5.41) is 10.8. The van der Waals surface area contributed by atoms with E-state index in [0.29, 0.717) is 12.6 Å². The Kier molecular flexibility index (Phi) is 5.56. The molecule has 0 nitrogen and oxygen atoms in total. The Morgan fingerprint density at radius 1 is 0.532 bits per heavy atom. The van der Waals surface area contributed by atoms with Gasteiger partial charge in [0.15, 0.2) is 0 Å². The van der Waals surface area contributed by atoms with E-state index in [1.54, 1.807) is 5.56 Å². The van der Waals surface area contributed by atoms with Crippen LogP contribution in [0.3, 0.4) is 0 Å². The topological polar surface area (TPSA) is 0 Å². The molecule has 1 saturated carbocycles. The molecule has 0 radical (unpaired) electrons. The van der Waals surface area contributed by atoms with E-state index in [0.717, 1.165) is 0 Å². The first-order valence-electron chi connectivity index (χ1n) is 17.3. The molecule has 224 valence electrons. The van der Waals surface area contributed by atoms with Gasteiger partial charge in [-0.25, -0.2) is 0 Å². The average molecular weight is 601 g/mol. The lowest BCUT2D eigenvalue weighted by Gasteiger charge is -2.43. The van der Waals surface area contributed by atoms with E-state index in [9.17, 15) is 0 Å². The van der Waals surface area contributed by atoms with E-state index >= 15 is 0 Å². The summed E-state index contributed by atoms with van der Waals surface area (Å²) in [6.07, 6.45) is 2.54. The highest BCUT2D eigenvalue weighted by molar-refractivity contribution is 6.89. The molecule has 0 saturated heterocycles. The van der Waals surface area contributed by atoms with Crippen molar-refractivity contribution in [2.45, 2.75) is 44.8 Å². The van der Waals surface area contributed by atoms with E-state index in [1.807, 2.05) is 0 Å².